The average molecular weight is 347 g/mol. The second kappa shape index (κ2) is 8.70. The number of carbonyl (C=O) groups excluding carboxylic acids is 1. The van der Waals surface area contributed by atoms with Crippen LogP contribution < -0.4 is 0 Å². The summed E-state index contributed by atoms with van der Waals surface area (Å²) in [6.45, 7) is 3.64. The maximum absolute atomic E-state index is 12.3. The highest BCUT2D eigenvalue weighted by atomic mass is 35.5. The number of hydrogen-bond donors (Lipinski definition) is 1. The fourth-order valence-corrected chi connectivity index (χ4v) is 2.68. The normalized spacial score (nSPS) is 15.4. The summed E-state index contributed by atoms with van der Waals surface area (Å²) in [6, 6.07) is 5.39. The van der Waals surface area contributed by atoms with Gasteiger partial charge in [0.2, 0.25) is 5.91 Å². The highest BCUT2D eigenvalue weighted by molar-refractivity contribution is 6.42. The number of hydrogen-bond acceptors (Lipinski definition) is 4. The van der Waals surface area contributed by atoms with E-state index in [-0.39, 0.29) is 19.1 Å². The van der Waals surface area contributed by atoms with Crippen LogP contribution in [0.3, 0.4) is 0 Å². The number of amides is 1. The molecule has 0 spiro atoms. The Morgan fingerprint density at radius 1 is 1.27 bits per heavy atom. The summed E-state index contributed by atoms with van der Waals surface area (Å²) in [5.74, 6) is 0.0526. The van der Waals surface area contributed by atoms with E-state index in [1.54, 1.807) is 17.0 Å². The van der Waals surface area contributed by atoms with E-state index in [1.807, 2.05) is 11.0 Å². The standard InChI is InChI=1S/C15H20Cl2N2O3/c16-13-2-1-12(9-14(13)17)10-18(3-6-20)11-15(21)19-4-7-22-8-5-19/h1-2,9,20H,3-8,10-11H2. The highest BCUT2D eigenvalue weighted by Gasteiger charge is 2.19. The summed E-state index contributed by atoms with van der Waals surface area (Å²) in [7, 11) is 0. The smallest absolute Gasteiger partial charge is 0.236 e. The molecule has 22 heavy (non-hydrogen) atoms. The quantitative estimate of drug-likeness (QED) is 0.850. The number of nitrogens with zero attached hydrogens (tertiary/aromatic N) is 2. The SMILES string of the molecule is O=C(CN(CCO)Cc1ccc(Cl)c(Cl)c1)N1CCOCC1. The van der Waals surface area contributed by atoms with Crippen molar-refractivity contribution in [3.63, 3.8) is 0 Å². The molecule has 0 atom stereocenters. The van der Waals surface area contributed by atoms with Crippen molar-refractivity contribution in [3.8, 4) is 0 Å². The number of aliphatic hydroxyl groups excluding tert-OH is 1. The Bertz CT molecular complexity index is 508. The van der Waals surface area contributed by atoms with Crippen molar-refractivity contribution in [1.29, 1.82) is 0 Å². The predicted molar refractivity (Wildman–Crippen MR) is 86.2 cm³/mol. The lowest BCUT2D eigenvalue weighted by Crippen LogP contribution is -2.46. The molecule has 122 valence electrons. The number of benzene rings is 1. The van der Waals surface area contributed by atoms with Gasteiger partial charge in [-0.05, 0) is 17.7 Å². The van der Waals surface area contributed by atoms with E-state index in [9.17, 15) is 9.90 Å². The van der Waals surface area contributed by atoms with Gasteiger partial charge in [-0.15, -0.1) is 0 Å². The number of carbonyl (C=O) groups is 1. The summed E-state index contributed by atoms with van der Waals surface area (Å²) in [4.78, 5) is 16.0. The fraction of sp³-hybridized carbons (Fsp3) is 0.533. The Morgan fingerprint density at radius 3 is 2.64 bits per heavy atom. The van der Waals surface area contributed by atoms with Gasteiger partial charge in [-0.2, -0.15) is 0 Å². The van der Waals surface area contributed by atoms with Crippen LogP contribution >= 0.6 is 23.2 Å². The number of rotatable bonds is 6. The molecule has 1 aliphatic rings. The molecule has 1 heterocycles. The van der Waals surface area contributed by atoms with Crippen molar-refractivity contribution in [3.05, 3.63) is 33.8 Å². The van der Waals surface area contributed by atoms with E-state index in [4.69, 9.17) is 27.9 Å². The van der Waals surface area contributed by atoms with Crippen LogP contribution in [0.25, 0.3) is 0 Å². The van der Waals surface area contributed by atoms with Crippen LogP contribution in [0.15, 0.2) is 18.2 Å². The van der Waals surface area contributed by atoms with Crippen LogP contribution in [0, 0.1) is 0 Å². The van der Waals surface area contributed by atoms with Crippen LogP contribution in [0.2, 0.25) is 10.0 Å². The molecular weight excluding hydrogens is 327 g/mol. The Balaban J connectivity index is 1.96. The molecule has 0 radical (unpaired) electrons. The van der Waals surface area contributed by atoms with Gasteiger partial charge in [0, 0.05) is 26.2 Å². The van der Waals surface area contributed by atoms with Crippen LogP contribution in [0.1, 0.15) is 5.56 Å². The summed E-state index contributed by atoms with van der Waals surface area (Å²) in [5, 5.41) is 10.2. The van der Waals surface area contributed by atoms with Crippen molar-refractivity contribution in [1.82, 2.24) is 9.80 Å². The zero-order chi connectivity index (χ0) is 15.9. The molecule has 1 fully saturated rings. The molecule has 0 aliphatic carbocycles. The molecule has 1 aromatic rings. The minimum Gasteiger partial charge on any atom is -0.395 e. The topological polar surface area (TPSA) is 53.0 Å². The maximum Gasteiger partial charge on any atom is 0.236 e. The van der Waals surface area contributed by atoms with Crippen molar-refractivity contribution in [2.75, 3.05) is 46.0 Å². The Morgan fingerprint density at radius 2 is 2.00 bits per heavy atom. The van der Waals surface area contributed by atoms with Crippen LogP contribution in [-0.4, -0.2) is 66.8 Å². The summed E-state index contributed by atoms with van der Waals surface area (Å²) in [6.07, 6.45) is 0. The highest BCUT2D eigenvalue weighted by Crippen LogP contribution is 2.23. The maximum atomic E-state index is 12.3. The second-order valence-electron chi connectivity index (χ2n) is 5.18. The van der Waals surface area contributed by atoms with Gasteiger partial charge in [0.25, 0.3) is 0 Å². The zero-order valence-corrected chi connectivity index (χ0v) is 13.8. The molecule has 0 unspecified atom stereocenters. The van der Waals surface area contributed by atoms with Gasteiger partial charge < -0.3 is 14.7 Å². The molecular formula is C15H20Cl2N2O3. The molecule has 5 nitrogen and oxygen atoms in total. The summed E-state index contributed by atoms with van der Waals surface area (Å²) < 4.78 is 5.25. The summed E-state index contributed by atoms with van der Waals surface area (Å²) in [5.41, 5.74) is 0.956. The third kappa shape index (κ3) is 5.11. The first-order valence-electron chi connectivity index (χ1n) is 7.23. The van der Waals surface area contributed by atoms with Gasteiger partial charge in [0.05, 0.1) is 36.4 Å². The van der Waals surface area contributed by atoms with E-state index in [1.165, 1.54) is 0 Å². The summed E-state index contributed by atoms with van der Waals surface area (Å²) >= 11 is 11.9. The van der Waals surface area contributed by atoms with E-state index in [2.05, 4.69) is 0 Å². The van der Waals surface area contributed by atoms with Crippen LogP contribution in [0.5, 0.6) is 0 Å². The van der Waals surface area contributed by atoms with Gasteiger partial charge in [-0.3, -0.25) is 9.69 Å². The van der Waals surface area contributed by atoms with Gasteiger partial charge in [-0.1, -0.05) is 29.3 Å². The van der Waals surface area contributed by atoms with Crippen molar-refractivity contribution < 1.29 is 14.6 Å². The minimum absolute atomic E-state index is 0.00227. The number of morpholine rings is 1. The monoisotopic (exact) mass is 346 g/mol. The predicted octanol–water partition coefficient (Wildman–Crippen LogP) is 1.65. The number of halogens is 2. The molecule has 0 aromatic heterocycles. The van der Waals surface area contributed by atoms with E-state index in [0.29, 0.717) is 49.4 Å². The first-order valence-corrected chi connectivity index (χ1v) is 7.98. The molecule has 1 N–H and O–H groups in total. The molecule has 1 amide bonds. The Kier molecular flexibility index (Phi) is 6.92. The van der Waals surface area contributed by atoms with E-state index in [0.717, 1.165) is 5.56 Å². The lowest BCUT2D eigenvalue weighted by Gasteiger charge is -2.29. The van der Waals surface area contributed by atoms with Crippen LogP contribution in [-0.2, 0) is 16.1 Å². The molecule has 7 heteroatoms. The first kappa shape index (κ1) is 17.5. The zero-order valence-electron chi connectivity index (χ0n) is 12.3. The van der Waals surface area contributed by atoms with Gasteiger partial charge in [0.15, 0.2) is 0 Å². The van der Waals surface area contributed by atoms with Gasteiger partial charge >= 0.3 is 0 Å². The second-order valence-corrected chi connectivity index (χ2v) is 5.99. The fourth-order valence-electron chi connectivity index (χ4n) is 2.36. The average Bonchev–Trinajstić information content (AvgIpc) is 2.52. The van der Waals surface area contributed by atoms with Crippen LogP contribution in [0.4, 0.5) is 0 Å². The molecule has 0 saturated carbocycles. The third-order valence-electron chi connectivity index (χ3n) is 3.53. The molecule has 1 aromatic carbocycles. The van der Waals surface area contributed by atoms with Gasteiger partial charge in [0.1, 0.15) is 0 Å². The van der Waals surface area contributed by atoms with Gasteiger partial charge in [-0.25, -0.2) is 0 Å². The van der Waals surface area contributed by atoms with E-state index >= 15 is 0 Å². The Hall–Kier alpha value is -0.850. The lowest BCUT2D eigenvalue weighted by atomic mass is 10.2. The number of aliphatic hydroxyl groups is 1. The molecule has 2 rings (SSSR count). The van der Waals surface area contributed by atoms with Crippen molar-refractivity contribution in [2.45, 2.75) is 6.54 Å². The van der Waals surface area contributed by atoms with Crippen molar-refractivity contribution >= 4 is 29.1 Å². The van der Waals surface area contributed by atoms with E-state index < -0.39 is 0 Å². The first-order chi connectivity index (χ1) is 10.6. The molecule has 1 aliphatic heterocycles. The largest absolute Gasteiger partial charge is 0.395 e. The number of ether oxygens (including phenoxy) is 1. The Labute approximate surface area is 140 Å². The minimum atomic E-state index is -0.00227. The molecule has 0 bridgehead atoms. The molecule has 1 saturated heterocycles. The third-order valence-corrected chi connectivity index (χ3v) is 4.27. The van der Waals surface area contributed by atoms with Crippen molar-refractivity contribution in [2.24, 2.45) is 0 Å². The lowest BCUT2D eigenvalue weighted by molar-refractivity contribution is -0.136.